The van der Waals surface area contributed by atoms with Gasteiger partial charge in [-0.1, -0.05) is 13.8 Å². The van der Waals surface area contributed by atoms with Crippen molar-refractivity contribution in [3.8, 4) is 0 Å². The van der Waals surface area contributed by atoms with Crippen molar-refractivity contribution in [1.29, 1.82) is 0 Å². The third kappa shape index (κ3) is 5.68. The van der Waals surface area contributed by atoms with E-state index in [4.69, 9.17) is 10.5 Å². The zero-order chi connectivity index (χ0) is 17.8. The highest BCUT2D eigenvalue weighted by Gasteiger charge is 2.33. The Bertz CT molecular complexity index is 410. The van der Waals surface area contributed by atoms with Gasteiger partial charge in [0.05, 0.1) is 6.04 Å². The normalized spacial score (nSPS) is 18.0. The van der Waals surface area contributed by atoms with Gasteiger partial charge in [0.25, 0.3) is 0 Å². The maximum Gasteiger partial charge on any atom is 0.410 e. The Kier molecular flexibility index (Phi) is 6.86. The highest BCUT2D eigenvalue weighted by Crippen LogP contribution is 2.20. The largest absolute Gasteiger partial charge is 0.444 e. The molecule has 0 bridgehead atoms. The fourth-order valence-corrected chi connectivity index (χ4v) is 2.76. The van der Waals surface area contributed by atoms with Gasteiger partial charge in [-0.3, -0.25) is 4.79 Å². The molecular weight excluding hydrogens is 294 g/mol. The Morgan fingerprint density at radius 3 is 2.17 bits per heavy atom. The van der Waals surface area contributed by atoms with Crippen LogP contribution in [0.1, 0.15) is 54.4 Å². The summed E-state index contributed by atoms with van der Waals surface area (Å²) in [5.41, 5.74) is 5.53. The summed E-state index contributed by atoms with van der Waals surface area (Å²) in [6.45, 7) is 13.4. The predicted octanol–water partition coefficient (Wildman–Crippen LogP) is 2.22. The van der Waals surface area contributed by atoms with E-state index in [1.807, 2.05) is 46.4 Å². The number of likely N-dealkylation sites (tertiary alicyclic amines) is 1. The SMILES string of the molecule is CCN(C(=O)C(N)C(C)C)C1CCN(C(=O)OC(C)(C)C)CC1. The van der Waals surface area contributed by atoms with E-state index in [0.717, 1.165) is 12.8 Å². The zero-order valence-corrected chi connectivity index (χ0v) is 15.5. The lowest BCUT2D eigenvalue weighted by molar-refractivity contribution is -0.136. The first-order valence-corrected chi connectivity index (χ1v) is 8.60. The van der Waals surface area contributed by atoms with Crippen LogP contribution in [-0.4, -0.2) is 59.1 Å². The Balaban J connectivity index is 2.60. The first kappa shape index (κ1) is 19.7. The van der Waals surface area contributed by atoms with Gasteiger partial charge < -0.3 is 20.3 Å². The zero-order valence-electron chi connectivity index (χ0n) is 15.5. The number of rotatable bonds is 4. The Labute approximate surface area is 140 Å². The second-order valence-electron chi connectivity index (χ2n) is 7.59. The van der Waals surface area contributed by atoms with Crippen molar-refractivity contribution in [2.45, 2.75) is 72.1 Å². The molecule has 1 saturated heterocycles. The third-order valence-corrected chi connectivity index (χ3v) is 4.18. The third-order valence-electron chi connectivity index (χ3n) is 4.18. The summed E-state index contributed by atoms with van der Waals surface area (Å²) < 4.78 is 5.40. The molecule has 23 heavy (non-hydrogen) atoms. The summed E-state index contributed by atoms with van der Waals surface area (Å²) in [6.07, 6.45) is 1.26. The van der Waals surface area contributed by atoms with Crippen molar-refractivity contribution >= 4 is 12.0 Å². The second kappa shape index (κ2) is 7.99. The van der Waals surface area contributed by atoms with E-state index >= 15 is 0 Å². The highest BCUT2D eigenvalue weighted by atomic mass is 16.6. The summed E-state index contributed by atoms with van der Waals surface area (Å²) in [6, 6.07) is -0.310. The van der Waals surface area contributed by atoms with E-state index in [2.05, 4.69) is 0 Å². The second-order valence-corrected chi connectivity index (χ2v) is 7.59. The molecule has 0 spiro atoms. The molecule has 2 amide bonds. The van der Waals surface area contributed by atoms with Crippen LogP contribution in [0.15, 0.2) is 0 Å². The van der Waals surface area contributed by atoms with Crippen LogP contribution in [-0.2, 0) is 9.53 Å². The lowest BCUT2D eigenvalue weighted by Crippen LogP contribution is -2.54. The molecule has 1 heterocycles. The molecule has 0 aromatic carbocycles. The Morgan fingerprint density at radius 2 is 1.78 bits per heavy atom. The van der Waals surface area contributed by atoms with Crippen molar-refractivity contribution in [3.05, 3.63) is 0 Å². The minimum Gasteiger partial charge on any atom is -0.444 e. The molecule has 1 aliphatic rings. The van der Waals surface area contributed by atoms with Gasteiger partial charge in [0.15, 0.2) is 0 Å². The molecule has 1 aliphatic heterocycles. The molecular formula is C17H33N3O3. The number of hydrogen-bond donors (Lipinski definition) is 1. The highest BCUT2D eigenvalue weighted by molar-refractivity contribution is 5.82. The van der Waals surface area contributed by atoms with Crippen LogP contribution in [0.25, 0.3) is 0 Å². The fraction of sp³-hybridized carbons (Fsp3) is 0.882. The number of hydrogen-bond acceptors (Lipinski definition) is 4. The molecule has 0 aromatic rings. The molecule has 0 saturated carbocycles. The maximum atomic E-state index is 12.5. The number of nitrogens with two attached hydrogens (primary N) is 1. The van der Waals surface area contributed by atoms with E-state index in [-0.39, 0.29) is 24.0 Å². The molecule has 1 rings (SSSR count). The lowest BCUT2D eigenvalue weighted by atomic mass is 9.99. The monoisotopic (exact) mass is 327 g/mol. The molecule has 1 atom stereocenters. The summed E-state index contributed by atoms with van der Waals surface area (Å²) in [5.74, 6) is 0.136. The summed E-state index contributed by atoms with van der Waals surface area (Å²) in [5, 5.41) is 0. The molecule has 6 heteroatoms. The van der Waals surface area contributed by atoms with Crippen molar-refractivity contribution in [2.75, 3.05) is 19.6 Å². The summed E-state index contributed by atoms with van der Waals surface area (Å²) >= 11 is 0. The van der Waals surface area contributed by atoms with E-state index in [1.165, 1.54) is 0 Å². The van der Waals surface area contributed by atoms with Gasteiger partial charge in [-0.2, -0.15) is 0 Å². The van der Waals surface area contributed by atoms with Crippen LogP contribution >= 0.6 is 0 Å². The standard InChI is InChI=1S/C17H33N3O3/c1-7-20(15(21)14(18)12(2)3)13-8-10-19(11-9-13)16(22)23-17(4,5)6/h12-14H,7-11,18H2,1-6H3. The van der Waals surface area contributed by atoms with Crippen molar-refractivity contribution in [3.63, 3.8) is 0 Å². The molecule has 1 unspecified atom stereocenters. The minimum atomic E-state index is -0.483. The van der Waals surface area contributed by atoms with Gasteiger partial charge in [0.1, 0.15) is 5.60 Å². The summed E-state index contributed by atoms with van der Waals surface area (Å²) in [4.78, 5) is 28.2. The van der Waals surface area contributed by atoms with Crippen molar-refractivity contribution in [2.24, 2.45) is 11.7 Å². The number of ether oxygens (including phenoxy) is 1. The van der Waals surface area contributed by atoms with Crippen LogP contribution < -0.4 is 5.73 Å². The smallest absolute Gasteiger partial charge is 0.410 e. The van der Waals surface area contributed by atoms with Crippen molar-refractivity contribution in [1.82, 2.24) is 9.80 Å². The fourth-order valence-electron chi connectivity index (χ4n) is 2.76. The first-order chi connectivity index (χ1) is 10.6. The molecule has 1 fully saturated rings. The molecule has 0 aliphatic carbocycles. The number of amides is 2. The van der Waals surface area contributed by atoms with Gasteiger partial charge in [-0.25, -0.2) is 4.79 Å². The van der Waals surface area contributed by atoms with Crippen LogP contribution in [0.4, 0.5) is 4.79 Å². The number of likely N-dealkylation sites (N-methyl/N-ethyl adjacent to an activating group) is 1. The van der Waals surface area contributed by atoms with Gasteiger partial charge in [0, 0.05) is 25.7 Å². The Morgan fingerprint density at radius 1 is 1.26 bits per heavy atom. The van der Waals surface area contributed by atoms with Crippen LogP contribution in [0, 0.1) is 5.92 Å². The molecule has 0 radical (unpaired) electrons. The van der Waals surface area contributed by atoms with Gasteiger partial charge in [-0.05, 0) is 46.5 Å². The van der Waals surface area contributed by atoms with Gasteiger partial charge in [-0.15, -0.1) is 0 Å². The molecule has 0 aromatic heterocycles. The van der Waals surface area contributed by atoms with E-state index in [9.17, 15) is 9.59 Å². The first-order valence-electron chi connectivity index (χ1n) is 8.60. The molecule has 2 N–H and O–H groups in total. The van der Waals surface area contributed by atoms with Crippen molar-refractivity contribution < 1.29 is 14.3 Å². The van der Waals surface area contributed by atoms with E-state index in [1.54, 1.807) is 4.90 Å². The average Bonchev–Trinajstić information content (AvgIpc) is 2.45. The maximum absolute atomic E-state index is 12.5. The van der Waals surface area contributed by atoms with Crippen LogP contribution in [0.3, 0.4) is 0 Å². The number of nitrogens with zero attached hydrogens (tertiary/aromatic N) is 2. The average molecular weight is 327 g/mol. The quantitative estimate of drug-likeness (QED) is 0.859. The predicted molar refractivity (Wildman–Crippen MR) is 91.0 cm³/mol. The van der Waals surface area contributed by atoms with E-state index < -0.39 is 11.6 Å². The lowest BCUT2D eigenvalue weighted by Gasteiger charge is -2.39. The molecule has 6 nitrogen and oxygen atoms in total. The minimum absolute atomic E-state index is 0.0122. The van der Waals surface area contributed by atoms with Gasteiger partial charge >= 0.3 is 6.09 Å². The van der Waals surface area contributed by atoms with Crippen LogP contribution in [0.2, 0.25) is 0 Å². The topological polar surface area (TPSA) is 75.9 Å². The van der Waals surface area contributed by atoms with E-state index in [0.29, 0.717) is 19.6 Å². The Hall–Kier alpha value is -1.30. The number of piperidine rings is 1. The summed E-state index contributed by atoms with van der Waals surface area (Å²) in [7, 11) is 0. The number of carbonyl (C=O) groups excluding carboxylic acids is 2. The van der Waals surface area contributed by atoms with Crippen LogP contribution in [0.5, 0.6) is 0 Å². The van der Waals surface area contributed by atoms with Gasteiger partial charge in [0.2, 0.25) is 5.91 Å². The molecule has 134 valence electrons. The number of carbonyl (C=O) groups is 2.